The summed E-state index contributed by atoms with van der Waals surface area (Å²) in [6.45, 7) is 3.84. The van der Waals surface area contributed by atoms with E-state index in [0.29, 0.717) is 6.54 Å². The molecule has 0 aromatic rings. The lowest BCUT2D eigenvalue weighted by molar-refractivity contribution is -0.161. The molecule has 0 aliphatic heterocycles. The Morgan fingerprint density at radius 1 is 1.00 bits per heavy atom. The third-order valence-corrected chi connectivity index (χ3v) is 3.63. The molecule has 1 unspecified atom stereocenters. The average Bonchev–Trinajstić information content (AvgIpc) is 2.47. The lowest BCUT2D eigenvalue weighted by Gasteiger charge is -2.20. The highest BCUT2D eigenvalue weighted by Crippen LogP contribution is 2.09. The van der Waals surface area contributed by atoms with Crippen molar-refractivity contribution in [1.29, 1.82) is 0 Å². The van der Waals surface area contributed by atoms with Gasteiger partial charge in [-0.05, 0) is 6.42 Å². The van der Waals surface area contributed by atoms with E-state index in [1.807, 2.05) is 0 Å². The van der Waals surface area contributed by atoms with Crippen molar-refractivity contribution < 1.29 is 24.2 Å². The molecule has 0 saturated heterocycles. The molecule has 0 fully saturated rings. The highest BCUT2D eigenvalue weighted by molar-refractivity contribution is 5.89. The van der Waals surface area contributed by atoms with Crippen molar-refractivity contribution in [3.63, 3.8) is 0 Å². The highest BCUT2D eigenvalue weighted by Gasteiger charge is 2.23. The average molecular weight is 329 g/mol. The molecule has 1 N–H and O–H groups in total. The standard InChI is InChI=1S/C17H31NO5/c1-4-5-6-7-8-9-10-11-12-18(3)17(22)15(20)13-16(21)23-14(2)19/h15,20H,4-13H2,1-3H3. The highest BCUT2D eigenvalue weighted by atomic mass is 16.6. The summed E-state index contributed by atoms with van der Waals surface area (Å²) in [6.07, 6.45) is 7.43. The van der Waals surface area contributed by atoms with Crippen LogP contribution in [-0.2, 0) is 19.1 Å². The van der Waals surface area contributed by atoms with E-state index in [9.17, 15) is 19.5 Å². The van der Waals surface area contributed by atoms with Crippen molar-refractivity contribution in [2.24, 2.45) is 0 Å². The first-order valence-electron chi connectivity index (χ1n) is 8.52. The summed E-state index contributed by atoms with van der Waals surface area (Å²) >= 11 is 0. The van der Waals surface area contributed by atoms with Crippen LogP contribution >= 0.6 is 0 Å². The van der Waals surface area contributed by atoms with Crippen LogP contribution in [0.15, 0.2) is 0 Å². The van der Waals surface area contributed by atoms with Crippen molar-refractivity contribution in [3.8, 4) is 0 Å². The van der Waals surface area contributed by atoms with Gasteiger partial charge in [-0.25, -0.2) is 0 Å². The van der Waals surface area contributed by atoms with Crippen molar-refractivity contribution in [1.82, 2.24) is 4.90 Å². The van der Waals surface area contributed by atoms with Crippen LogP contribution in [0.2, 0.25) is 0 Å². The molecule has 23 heavy (non-hydrogen) atoms. The van der Waals surface area contributed by atoms with Gasteiger partial charge in [0.15, 0.2) is 0 Å². The maximum atomic E-state index is 11.9. The number of rotatable bonds is 12. The Hall–Kier alpha value is -1.43. The lowest BCUT2D eigenvalue weighted by Crippen LogP contribution is -2.38. The first-order valence-corrected chi connectivity index (χ1v) is 8.52. The molecular formula is C17H31NO5. The fraction of sp³-hybridized carbons (Fsp3) is 0.824. The molecule has 0 rings (SSSR count). The van der Waals surface area contributed by atoms with Gasteiger partial charge in [-0.15, -0.1) is 0 Å². The molecule has 0 bridgehead atoms. The number of hydrogen-bond acceptors (Lipinski definition) is 5. The summed E-state index contributed by atoms with van der Waals surface area (Å²) in [5.41, 5.74) is 0. The van der Waals surface area contributed by atoms with Crippen LogP contribution < -0.4 is 0 Å². The molecule has 1 atom stereocenters. The molecule has 134 valence electrons. The summed E-state index contributed by atoms with van der Waals surface area (Å²) in [4.78, 5) is 35.1. The van der Waals surface area contributed by atoms with Gasteiger partial charge in [-0.1, -0.05) is 51.9 Å². The van der Waals surface area contributed by atoms with Gasteiger partial charge in [0.25, 0.3) is 5.91 Å². The normalized spacial score (nSPS) is 11.8. The van der Waals surface area contributed by atoms with E-state index in [0.717, 1.165) is 26.2 Å². The number of carbonyl (C=O) groups excluding carboxylic acids is 3. The minimum Gasteiger partial charge on any atom is -0.393 e. The second-order valence-electron chi connectivity index (χ2n) is 5.92. The SMILES string of the molecule is CCCCCCCCCCN(C)C(=O)C(O)CC(=O)OC(C)=O. The predicted octanol–water partition coefficient (Wildman–Crippen LogP) is 2.43. The predicted molar refractivity (Wildman–Crippen MR) is 87.6 cm³/mol. The monoisotopic (exact) mass is 329 g/mol. The molecule has 0 saturated carbocycles. The fourth-order valence-corrected chi connectivity index (χ4v) is 2.29. The van der Waals surface area contributed by atoms with Gasteiger partial charge in [0, 0.05) is 20.5 Å². The largest absolute Gasteiger partial charge is 0.393 e. The molecule has 0 aliphatic rings. The van der Waals surface area contributed by atoms with Gasteiger partial charge >= 0.3 is 11.9 Å². The molecule has 0 heterocycles. The van der Waals surface area contributed by atoms with E-state index in [2.05, 4.69) is 11.7 Å². The van der Waals surface area contributed by atoms with Gasteiger partial charge in [-0.2, -0.15) is 0 Å². The van der Waals surface area contributed by atoms with Crippen LogP contribution in [0.5, 0.6) is 0 Å². The van der Waals surface area contributed by atoms with Gasteiger partial charge < -0.3 is 14.7 Å². The van der Waals surface area contributed by atoms with Crippen LogP contribution in [-0.4, -0.2) is 47.5 Å². The summed E-state index contributed by atoms with van der Waals surface area (Å²) in [5, 5.41) is 9.69. The summed E-state index contributed by atoms with van der Waals surface area (Å²) in [7, 11) is 1.60. The van der Waals surface area contributed by atoms with E-state index in [4.69, 9.17) is 0 Å². The van der Waals surface area contributed by atoms with Gasteiger partial charge in [0.1, 0.15) is 6.10 Å². The number of ether oxygens (including phenoxy) is 1. The quantitative estimate of drug-likeness (QED) is 0.338. The molecule has 0 radical (unpaired) electrons. The topological polar surface area (TPSA) is 83.9 Å². The number of nitrogens with zero attached hydrogens (tertiary/aromatic N) is 1. The molecule has 6 nitrogen and oxygen atoms in total. The minimum absolute atomic E-state index is 0.500. The Morgan fingerprint density at radius 2 is 1.52 bits per heavy atom. The van der Waals surface area contributed by atoms with Crippen LogP contribution in [0.1, 0.15) is 71.6 Å². The summed E-state index contributed by atoms with van der Waals surface area (Å²) in [6, 6.07) is 0. The van der Waals surface area contributed by atoms with Gasteiger partial charge in [-0.3, -0.25) is 14.4 Å². The van der Waals surface area contributed by atoms with Crippen LogP contribution in [0.3, 0.4) is 0 Å². The maximum absolute atomic E-state index is 11.9. The van der Waals surface area contributed by atoms with Gasteiger partial charge in [0.05, 0.1) is 6.42 Å². The number of aliphatic hydroxyl groups excluding tert-OH is 1. The zero-order chi connectivity index (χ0) is 17.7. The lowest BCUT2D eigenvalue weighted by atomic mass is 10.1. The fourth-order valence-electron chi connectivity index (χ4n) is 2.29. The second-order valence-corrected chi connectivity index (χ2v) is 5.92. The van der Waals surface area contributed by atoms with Crippen LogP contribution in [0, 0.1) is 0 Å². The Bertz CT molecular complexity index is 370. The second kappa shape index (κ2) is 13.0. The zero-order valence-electron chi connectivity index (χ0n) is 14.7. The Balaban J connectivity index is 3.80. The first-order chi connectivity index (χ1) is 10.9. The molecular weight excluding hydrogens is 298 g/mol. The van der Waals surface area contributed by atoms with E-state index >= 15 is 0 Å². The third-order valence-electron chi connectivity index (χ3n) is 3.63. The van der Waals surface area contributed by atoms with Crippen LogP contribution in [0.4, 0.5) is 0 Å². The smallest absolute Gasteiger partial charge is 0.316 e. The van der Waals surface area contributed by atoms with Crippen molar-refractivity contribution in [3.05, 3.63) is 0 Å². The summed E-state index contributed by atoms with van der Waals surface area (Å²) < 4.78 is 4.30. The van der Waals surface area contributed by atoms with Gasteiger partial charge in [0.2, 0.25) is 0 Å². The number of hydrogen-bond donors (Lipinski definition) is 1. The molecule has 1 amide bonds. The number of aliphatic hydroxyl groups is 1. The van der Waals surface area contributed by atoms with E-state index in [1.54, 1.807) is 7.05 Å². The van der Waals surface area contributed by atoms with Crippen LogP contribution in [0.25, 0.3) is 0 Å². The molecule has 0 aromatic heterocycles. The van der Waals surface area contributed by atoms with E-state index < -0.39 is 30.4 Å². The number of amides is 1. The Labute approximate surface area is 139 Å². The number of unbranched alkanes of at least 4 members (excludes halogenated alkanes) is 7. The molecule has 0 aliphatic carbocycles. The minimum atomic E-state index is -1.46. The Morgan fingerprint density at radius 3 is 2.04 bits per heavy atom. The van der Waals surface area contributed by atoms with Crippen molar-refractivity contribution in [2.45, 2.75) is 77.7 Å². The molecule has 0 spiro atoms. The first kappa shape index (κ1) is 21.6. The van der Waals surface area contributed by atoms with E-state index in [1.165, 1.54) is 37.0 Å². The molecule has 6 heteroatoms. The Kier molecular flexibility index (Phi) is 12.2. The van der Waals surface area contributed by atoms with Crippen molar-refractivity contribution >= 4 is 17.8 Å². The summed E-state index contributed by atoms with van der Waals surface area (Å²) in [5.74, 6) is -2.16. The number of likely N-dealkylation sites (N-methyl/N-ethyl adjacent to an activating group) is 1. The van der Waals surface area contributed by atoms with Crippen molar-refractivity contribution in [2.75, 3.05) is 13.6 Å². The maximum Gasteiger partial charge on any atom is 0.316 e. The zero-order valence-corrected chi connectivity index (χ0v) is 14.7. The van der Waals surface area contributed by atoms with E-state index in [-0.39, 0.29) is 0 Å². The molecule has 0 aromatic carbocycles. The number of carbonyl (C=O) groups is 3. The third kappa shape index (κ3) is 11.8. The number of esters is 2.